The first-order chi connectivity index (χ1) is 7.45. The van der Waals surface area contributed by atoms with Crippen LogP contribution in [0.5, 0.6) is 0 Å². The Kier molecular flexibility index (Phi) is 2.00. The Morgan fingerprint density at radius 1 is 1.00 bits per heavy atom. The number of benzene rings is 2. The quantitative estimate of drug-likeness (QED) is 0.596. The fraction of sp³-hybridized carbons (Fsp3) is 0. The largest absolute Gasteiger partial charge is 0.192 e. The van der Waals surface area contributed by atoms with E-state index in [9.17, 15) is 0 Å². The lowest BCUT2D eigenvalue weighted by Crippen LogP contribution is -1.72. The summed E-state index contributed by atoms with van der Waals surface area (Å²) in [5, 5.41) is 1.23. The summed E-state index contributed by atoms with van der Waals surface area (Å²) in [5.41, 5.74) is 2.29. The molecule has 0 aliphatic rings. The van der Waals surface area contributed by atoms with Gasteiger partial charge in [-0.05, 0) is 29.2 Å². The molecule has 1 aromatic heterocycles. The van der Waals surface area contributed by atoms with Crippen molar-refractivity contribution in [3.63, 3.8) is 0 Å². The van der Waals surface area contributed by atoms with Gasteiger partial charge in [0.2, 0.25) is 0 Å². The Balaban J connectivity index is 2.28. The van der Waals surface area contributed by atoms with Crippen LogP contribution < -0.4 is 0 Å². The topological polar surface area (TPSA) is 12.9 Å². The lowest BCUT2D eigenvalue weighted by molar-refractivity contribution is 1.66. The molecule has 0 bridgehead atoms. The van der Waals surface area contributed by atoms with Gasteiger partial charge in [-0.15, -0.1) is 0 Å². The Morgan fingerprint density at radius 3 is 2.67 bits per heavy atom. The minimum atomic E-state index is 1.07. The molecular weight excluding hydrogens is 202 g/mol. The van der Waals surface area contributed by atoms with Crippen LogP contribution >= 0.6 is 11.5 Å². The summed E-state index contributed by atoms with van der Waals surface area (Å²) in [7, 11) is 0. The second kappa shape index (κ2) is 3.48. The zero-order valence-electron chi connectivity index (χ0n) is 7.97. The Hall–Kier alpha value is -1.67. The van der Waals surface area contributed by atoms with E-state index in [1.165, 1.54) is 15.8 Å². The summed E-state index contributed by atoms with van der Waals surface area (Å²) >= 11 is 1.55. The average Bonchev–Trinajstić information content (AvgIpc) is 2.74. The van der Waals surface area contributed by atoms with Crippen LogP contribution in [0.15, 0.2) is 48.5 Å². The van der Waals surface area contributed by atoms with Crippen LogP contribution in [0.4, 0.5) is 0 Å². The molecule has 0 saturated heterocycles. The molecule has 3 aromatic rings. The minimum absolute atomic E-state index is 1.07. The Labute approximate surface area is 92.2 Å². The maximum atomic E-state index is 4.43. The summed E-state index contributed by atoms with van der Waals surface area (Å²) in [4.78, 5) is 1.24. The molecule has 0 aliphatic heterocycles. The van der Waals surface area contributed by atoms with Gasteiger partial charge in [0.05, 0.1) is 10.4 Å². The van der Waals surface area contributed by atoms with Crippen LogP contribution in [0.3, 0.4) is 0 Å². The molecule has 71 valence electrons. The van der Waals surface area contributed by atoms with Crippen LogP contribution in [0, 0.1) is 6.07 Å². The second-order valence-corrected chi connectivity index (χ2v) is 4.09. The number of hydrogen-bond acceptors (Lipinski definition) is 2. The molecule has 0 saturated carbocycles. The van der Waals surface area contributed by atoms with Gasteiger partial charge < -0.3 is 0 Å². The highest BCUT2D eigenvalue weighted by Gasteiger charge is 2.06. The van der Waals surface area contributed by atoms with Crippen LogP contribution in [-0.4, -0.2) is 4.37 Å². The standard InChI is InChI=1S/C13H8NS/c1-2-6-10(7-3-1)13-11-8-4-5-9-12(11)14-15-13/h2-9H. The fourth-order valence-corrected chi connectivity index (χ4v) is 2.50. The van der Waals surface area contributed by atoms with Gasteiger partial charge in [-0.1, -0.05) is 42.5 Å². The van der Waals surface area contributed by atoms with E-state index in [4.69, 9.17) is 0 Å². The zero-order chi connectivity index (χ0) is 10.1. The van der Waals surface area contributed by atoms with E-state index in [1.54, 1.807) is 11.5 Å². The maximum absolute atomic E-state index is 4.43. The van der Waals surface area contributed by atoms with Crippen molar-refractivity contribution >= 4 is 22.4 Å². The third-order valence-electron chi connectivity index (χ3n) is 2.36. The first-order valence-electron chi connectivity index (χ1n) is 4.76. The van der Waals surface area contributed by atoms with Crippen molar-refractivity contribution in [3.05, 3.63) is 54.6 Å². The van der Waals surface area contributed by atoms with Crippen LogP contribution in [0.25, 0.3) is 21.3 Å². The highest BCUT2D eigenvalue weighted by molar-refractivity contribution is 7.11. The number of hydrogen-bond donors (Lipinski definition) is 0. The molecule has 0 unspecified atom stereocenters. The number of nitrogens with zero attached hydrogens (tertiary/aromatic N) is 1. The average molecular weight is 210 g/mol. The van der Waals surface area contributed by atoms with Gasteiger partial charge in [-0.25, -0.2) is 0 Å². The van der Waals surface area contributed by atoms with E-state index in [0.29, 0.717) is 0 Å². The molecule has 2 aromatic carbocycles. The van der Waals surface area contributed by atoms with Gasteiger partial charge >= 0.3 is 0 Å². The SMILES string of the molecule is [c]1ccc(-c2snc3ccccc23)cc1. The van der Waals surface area contributed by atoms with Crippen molar-refractivity contribution in [2.45, 2.75) is 0 Å². The monoisotopic (exact) mass is 210 g/mol. The van der Waals surface area contributed by atoms with E-state index in [2.05, 4.69) is 34.7 Å². The maximum Gasteiger partial charge on any atom is 0.0847 e. The molecule has 0 amide bonds. The van der Waals surface area contributed by atoms with E-state index >= 15 is 0 Å². The first-order valence-corrected chi connectivity index (χ1v) is 5.53. The Bertz CT molecular complexity index is 584. The number of aromatic nitrogens is 1. The molecule has 0 spiro atoms. The van der Waals surface area contributed by atoms with Crippen molar-refractivity contribution < 1.29 is 0 Å². The molecule has 1 nitrogen and oxygen atoms in total. The van der Waals surface area contributed by atoms with Crippen molar-refractivity contribution in [1.82, 2.24) is 4.37 Å². The van der Waals surface area contributed by atoms with Crippen LogP contribution in [0.2, 0.25) is 0 Å². The fourth-order valence-electron chi connectivity index (χ4n) is 1.64. The van der Waals surface area contributed by atoms with Crippen molar-refractivity contribution in [1.29, 1.82) is 0 Å². The molecule has 2 heteroatoms. The summed E-state index contributed by atoms with van der Waals surface area (Å²) < 4.78 is 4.43. The van der Waals surface area contributed by atoms with Crippen molar-refractivity contribution in [2.24, 2.45) is 0 Å². The summed E-state index contributed by atoms with van der Waals surface area (Å²) in [5.74, 6) is 0. The lowest BCUT2D eigenvalue weighted by Gasteiger charge is -1.96. The summed E-state index contributed by atoms with van der Waals surface area (Å²) in [6.07, 6.45) is 0. The molecule has 0 N–H and O–H groups in total. The molecule has 3 rings (SSSR count). The molecule has 15 heavy (non-hydrogen) atoms. The molecule has 0 aliphatic carbocycles. The number of fused-ring (bicyclic) bond motifs is 1. The minimum Gasteiger partial charge on any atom is -0.192 e. The third kappa shape index (κ3) is 1.43. The molecule has 0 atom stereocenters. The van der Waals surface area contributed by atoms with Crippen LogP contribution in [0.1, 0.15) is 0 Å². The van der Waals surface area contributed by atoms with Crippen molar-refractivity contribution in [3.8, 4) is 10.4 Å². The van der Waals surface area contributed by atoms with Gasteiger partial charge in [0.15, 0.2) is 0 Å². The van der Waals surface area contributed by atoms with E-state index in [1.807, 2.05) is 24.3 Å². The first kappa shape index (κ1) is 8.62. The Morgan fingerprint density at radius 2 is 1.80 bits per heavy atom. The van der Waals surface area contributed by atoms with E-state index in [0.717, 1.165) is 5.52 Å². The molecule has 1 heterocycles. The zero-order valence-corrected chi connectivity index (χ0v) is 8.79. The van der Waals surface area contributed by atoms with Crippen LogP contribution in [-0.2, 0) is 0 Å². The molecule has 1 radical (unpaired) electrons. The summed E-state index contributed by atoms with van der Waals surface area (Å²) in [6, 6.07) is 19.3. The number of rotatable bonds is 1. The van der Waals surface area contributed by atoms with Gasteiger partial charge in [0, 0.05) is 5.39 Å². The van der Waals surface area contributed by atoms with Gasteiger partial charge in [0.1, 0.15) is 0 Å². The third-order valence-corrected chi connectivity index (χ3v) is 3.29. The lowest BCUT2D eigenvalue weighted by atomic mass is 10.1. The highest BCUT2D eigenvalue weighted by Crippen LogP contribution is 2.31. The van der Waals surface area contributed by atoms with Gasteiger partial charge in [-0.3, -0.25) is 0 Å². The predicted octanol–water partition coefficient (Wildman–Crippen LogP) is 3.76. The van der Waals surface area contributed by atoms with Gasteiger partial charge in [0.25, 0.3) is 0 Å². The predicted molar refractivity (Wildman–Crippen MR) is 63.9 cm³/mol. The van der Waals surface area contributed by atoms with Crippen molar-refractivity contribution in [2.75, 3.05) is 0 Å². The van der Waals surface area contributed by atoms with E-state index < -0.39 is 0 Å². The smallest absolute Gasteiger partial charge is 0.0847 e. The molecular formula is C13H8NS. The summed E-state index contributed by atoms with van der Waals surface area (Å²) in [6.45, 7) is 0. The van der Waals surface area contributed by atoms with E-state index in [-0.39, 0.29) is 0 Å². The molecule has 0 fully saturated rings. The second-order valence-electron chi connectivity index (χ2n) is 3.32. The normalized spacial score (nSPS) is 10.7. The highest BCUT2D eigenvalue weighted by atomic mass is 32.1. The van der Waals surface area contributed by atoms with Gasteiger partial charge in [-0.2, -0.15) is 4.37 Å².